The molecule has 1 aliphatic rings. The predicted molar refractivity (Wildman–Crippen MR) is 101 cm³/mol. The van der Waals surface area contributed by atoms with Crippen molar-refractivity contribution in [2.24, 2.45) is 5.92 Å². The highest BCUT2D eigenvalue weighted by Crippen LogP contribution is 2.31. The normalized spacial score (nSPS) is 16.2. The maximum Gasteiger partial charge on any atom is 0.246 e. The molecule has 5 nitrogen and oxygen atoms in total. The van der Waals surface area contributed by atoms with Gasteiger partial charge in [-0.1, -0.05) is 30.3 Å². The third-order valence-electron chi connectivity index (χ3n) is 4.89. The Morgan fingerprint density at radius 2 is 2.00 bits per heavy atom. The van der Waals surface area contributed by atoms with Crippen molar-refractivity contribution >= 4 is 5.91 Å². The van der Waals surface area contributed by atoms with E-state index in [1.54, 1.807) is 5.48 Å². The van der Waals surface area contributed by atoms with E-state index in [-0.39, 0.29) is 11.8 Å². The Kier molecular flexibility index (Phi) is 5.91. The van der Waals surface area contributed by atoms with Crippen LogP contribution in [-0.2, 0) is 17.6 Å². The van der Waals surface area contributed by atoms with Crippen LogP contribution < -0.4 is 10.2 Å². The highest BCUT2D eigenvalue weighted by Gasteiger charge is 2.24. The van der Waals surface area contributed by atoms with E-state index in [9.17, 15) is 4.79 Å². The van der Waals surface area contributed by atoms with Crippen LogP contribution in [0.5, 0.6) is 5.75 Å². The number of ether oxygens (including phenoxy) is 1. The van der Waals surface area contributed by atoms with Gasteiger partial charge < -0.3 is 9.64 Å². The zero-order valence-corrected chi connectivity index (χ0v) is 15.4. The molecule has 0 aromatic heterocycles. The van der Waals surface area contributed by atoms with Gasteiger partial charge in [0.1, 0.15) is 12.4 Å². The van der Waals surface area contributed by atoms with Gasteiger partial charge in [-0.05, 0) is 67.7 Å². The molecule has 26 heavy (non-hydrogen) atoms. The van der Waals surface area contributed by atoms with E-state index in [0.717, 1.165) is 36.3 Å². The van der Waals surface area contributed by atoms with E-state index in [2.05, 4.69) is 35.2 Å². The van der Waals surface area contributed by atoms with Crippen molar-refractivity contribution in [3.63, 3.8) is 0 Å². The van der Waals surface area contributed by atoms with Gasteiger partial charge in [0, 0.05) is 12.5 Å². The number of benzene rings is 2. The lowest BCUT2D eigenvalue weighted by Crippen LogP contribution is -2.31. The molecule has 0 bridgehead atoms. The van der Waals surface area contributed by atoms with Crippen molar-refractivity contribution in [3.05, 3.63) is 53.6 Å². The topological polar surface area (TPSA) is 61.8 Å². The number of nitrogens with zero attached hydrogens (tertiary/aromatic N) is 1. The number of hydrogen-bond donors (Lipinski definition) is 2. The summed E-state index contributed by atoms with van der Waals surface area (Å²) in [5, 5.41) is 8.89. The first-order valence-electron chi connectivity index (χ1n) is 9.00. The summed E-state index contributed by atoms with van der Waals surface area (Å²) in [6.45, 7) is 1.52. The number of likely N-dealkylation sites (N-methyl/N-ethyl adjacent to an activating group) is 1. The minimum absolute atomic E-state index is 0.163. The molecule has 1 atom stereocenters. The van der Waals surface area contributed by atoms with Gasteiger partial charge in [-0.2, -0.15) is 0 Å². The molecule has 2 aromatic carbocycles. The second-order valence-corrected chi connectivity index (χ2v) is 7.08. The van der Waals surface area contributed by atoms with Gasteiger partial charge >= 0.3 is 0 Å². The number of hydroxylamine groups is 1. The van der Waals surface area contributed by atoms with Crippen LogP contribution in [0, 0.1) is 5.92 Å². The number of carbonyl (C=O) groups is 1. The summed E-state index contributed by atoms with van der Waals surface area (Å²) in [5.74, 6) is 0.403. The zero-order chi connectivity index (χ0) is 18.5. The van der Waals surface area contributed by atoms with Gasteiger partial charge in [-0.25, -0.2) is 5.48 Å². The van der Waals surface area contributed by atoms with Crippen molar-refractivity contribution in [3.8, 4) is 16.9 Å². The van der Waals surface area contributed by atoms with Crippen LogP contribution in [0.3, 0.4) is 0 Å². The molecule has 0 heterocycles. The fourth-order valence-electron chi connectivity index (χ4n) is 3.36. The molecule has 3 rings (SSSR count). The quantitative estimate of drug-likeness (QED) is 0.619. The average molecular weight is 354 g/mol. The number of carbonyl (C=O) groups excluding carboxylic acids is 1. The Bertz CT molecular complexity index is 774. The van der Waals surface area contributed by atoms with Gasteiger partial charge in [0.2, 0.25) is 5.91 Å². The van der Waals surface area contributed by atoms with Gasteiger partial charge in [0.15, 0.2) is 0 Å². The van der Waals surface area contributed by atoms with Crippen LogP contribution in [0.1, 0.15) is 17.5 Å². The van der Waals surface area contributed by atoms with Gasteiger partial charge in [-0.15, -0.1) is 0 Å². The summed E-state index contributed by atoms with van der Waals surface area (Å²) in [7, 11) is 4.05. The number of aryl methyl sites for hydroxylation is 1. The summed E-state index contributed by atoms with van der Waals surface area (Å²) in [6.07, 6.45) is 2.30. The molecular formula is C21H26N2O3. The minimum atomic E-state index is -0.294. The van der Waals surface area contributed by atoms with E-state index in [1.807, 2.05) is 26.2 Å². The van der Waals surface area contributed by atoms with Gasteiger partial charge in [-0.3, -0.25) is 10.0 Å². The third-order valence-corrected chi connectivity index (χ3v) is 4.89. The second kappa shape index (κ2) is 8.34. The van der Waals surface area contributed by atoms with Crippen LogP contribution in [0.25, 0.3) is 11.1 Å². The number of nitrogens with one attached hydrogen (secondary N) is 1. The first-order chi connectivity index (χ1) is 12.6. The highest BCUT2D eigenvalue weighted by atomic mass is 16.5. The number of amides is 1. The van der Waals surface area contributed by atoms with Crippen LogP contribution in [-0.4, -0.2) is 43.3 Å². The molecule has 1 aliphatic carbocycles. The maximum atomic E-state index is 11.7. The molecular weight excluding hydrogens is 328 g/mol. The smallest absolute Gasteiger partial charge is 0.246 e. The molecule has 1 amide bonds. The summed E-state index contributed by atoms with van der Waals surface area (Å²) in [6, 6.07) is 14.5. The van der Waals surface area contributed by atoms with Crippen LogP contribution >= 0.6 is 0 Å². The van der Waals surface area contributed by atoms with Crippen LogP contribution in [0.2, 0.25) is 0 Å². The predicted octanol–water partition coefficient (Wildman–Crippen LogP) is 2.90. The lowest BCUT2D eigenvalue weighted by molar-refractivity contribution is -0.133. The van der Waals surface area contributed by atoms with E-state index < -0.39 is 0 Å². The molecule has 2 N–H and O–H groups in total. The Hall–Kier alpha value is -2.37. The lowest BCUT2D eigenvalue weighted by Gasteiger charge is -2.23. The molecule has 0 fully saturated rings. The van der Waals surface area contributed by atoms with E-state index >= 15 is 0 Å². The van der Waals surface area contributed by atoms with Crippen LogP contribution in [0.15, 0.2) is 42.5 Å². The fraction of sp³-hybridized carbons (Fsp3) is 0.381. The Balaban J connectivity index is 1.77. The number of hydrogen-bond acceptors (Lipinski definition) is 4. The largest absolute Gasteiger partial charge is 0.492 e. The van der Waals surface area contributed by atoms with Crippen molar-refractivity contribution in [2.75, 3.05) is 27.2 Å². The molecule has 1 unspecified atom stereocenters. The molecule has 0 radical (unpaired) electrons. The van der Waals surface area contributed by atoms with Crippen molar-refractivity contribution in [1.82, 2.24) is 10.4 Å². The molecule has 0 spiro atoms. The summed E-state index contributed by atoms with van der Waals surface area (Å²) >= 11 is 0. The summed E-state index contributed by atoms with van der Waals surface area (Å²) in [4.78, 5) is 13.8. The first-order valence-corrected chi connectivity index (χ1v) is 9.00. The standard InChI is InChI=1S/C21H26N2O3/c1-23(2)10-11-26-20-5-3-4-16(14-20)17-8-6-15-7-9-18(21(24)22-25)13-19(15)12-17/h3-6,8,12,14,18,25H,7,9-11,13H2,1-2H3,(H,22,24). The number of fused-ring (bicyclic) bond motifs is 1. The number of rotatable bonds is 6. The fourth-order valence-corrected chi connectivity index (χ4v) is 3.36. The third kappa shape index (κ3) is 4.42. The van der Waals surface area contributed by atoms with Crippen molar-refractivity contribution < 1.29 is 14.7 Å². The van der Waals surface area contributed by atoms with Crippen molar-refractivity contribution in [2.45, 2.75) is 19.3 Å². The SMILES string of the molecule is CN(C)CCOc1cccc(-c2ccc3c(c2)CC(C(=O)NO)CC3)c1. The molecule has 0 saturated heterocycles. The van der Waals surface area contributed by atoms with Gasteiger partial charge in [0.05, 0.1) is 0 Å². The second-order valence-electron chi connectivity index (χ2n) is 7.08. The Morgan fingerprint density at radius 3 is 2.77 bits per heavy atom. The van der Waals surface area contributed by atoms with E-state index in [0.29, 0.717) is 13.0 Å². The van der Waals surface area contributed by atoms with E-state index in [1.165, 1.54) is 11.1 Å². The first kappa shape index (κ1) is 18.4. The molecule has 5 heteroatoms. The summed E-state index contributed by atoms with van der Waals surface area (Å²) < 4.78 is 5.83. The van der Waals surface area contributed by atoms with Crippen molar-refractivity contribution in [1.29, 1.82) is 0 Å². The average Bonchev–Trinajstić information content (AvgIpc) is 2.66. The van der Waals surface area contributed by atoms with Gasteiger partial charge in [0.25, 0.3) is 0 Å². The Labute approximate surface area is 154 Å². The highest BCUT2D eigenvalue weighted by molar-refractivity contribution is 5.78. The maximum absolute atomic E-state index is 11.7. The zero-order valence-electron chi connectivity index (χ0n) is 15.4. The Morgan fingerprint density at radius 1 is 1.19 bits per heavy atom. The molecule has 0 aliphatic heterocycles. The molecule has 0 saturated carbocycles. The summed E-state index contributed by atoms with van der Waals surface area (Å²) in [5.41, 5.74) is 6.47. The minimum Gasteiger partial charge on any atom is -0.492 e. The van der Waals surface area contributed by atoms with E-state index in [4.69, 9.17) is 9.94 Å². The monoisotopic (exact) mass is 354 g/mol. The molecule has 138 valence electrons. The van der Waals surface area contributed by atoms with Crippen LogP contribution in [0.4, 0.5) is 0 Å². The molecule has 2 aromatic rings. The lowest BCUT2D eigenvalue weighted by atomic mass is 9.82.